The minimum absolute atomic E-state index is 0.235. The zero-order valence-electron chi connectivity index (χ0n) is 21.0. The average molecular weight is 467 g/mol. The van der Waals surface area contributed by atoms with Gasteiger partial charge in [-0.1, -0.05) is 65.5 Å². The Kier molecular flexibility index (Phi) is 6.87. The van der Waals surface area contributed by atoms with Gasteiger partial charge in [-0.2, -0.15) is 0 Å². The van der Waals surface area contributed by atoms with Gasteiger partial charge in [-0.3, -0.25) is 4.57 Å². The van der Waals surface area contributed by atoms with Gasteiger partial charge in [-0.15, -0.1) is 0 Å². The molecule has 0 aliphatic heterocycles. The molecular weight excluding hydrogens is 419 g/mol. The van der Waals surface area contributed by atoms with Crippen LogP contribution in [0.1, 0.15) is 98.8 Å². The van der Waals surface area contributed by atoms with Crippen LogP contribution in [-0.4, -0.2) is 26.7 Å². The Balaban J connectivity index is 1.58. The van der Waals surface area contributed by atoms with Crippen molar-refractivity contribution in [3.05, 3.63) is 11.6 Å². The SMILES string of the molecule is CC(C)CCC[C@@H](C)[C@H]1CC[C@H]2[C@@H]3CC=C4C[C@@H](O)CC(P(=O)(O)O)[C@]4(C)[C@H]3CC[C@]12C. The van der Waals surface area contributed by atoms with Crippen LogP contribution in [0.25, 0.3) is 0 Å². The van der Waals surface area contributed by atoms with Crippen LogP contribution in [0.5, 0.6) is 0 Å². The van der Waals surface area contributed by atoms with Crippen molar-refractivity contribution in [2.24, 2.45) is 46.3 Å². The molecule has 4 rings (SSSR count). The standard InChI is InChI=1S/C27H47O4P/c1-17(2)7-6-8-18(3)22-11-12-23-21-10-9-19-15-20(28)16-25(32(29,30)31)27(19,5)24(21)13-14-26(22,23)4/h9,17-18,20-25,28H,6-8,10-16H2,1-5H3,(H2,29,30,31)/t18-,20-,21+,22-,23+,24+,25?,26-,27+/m1/s1. The molecule has 0 amide bonds. The summed E-state index contributed by atoms with van der Waals surface area (Å²) in [5, 5.41) is 10.4. The minimum atomic E-state index is -4.29. The molecule has 4 aliphatic rings. The first kappa shape index (κ1) is 25.0. The predicted octanol–water partition coefficient (Wildman–Crippen LogP) is 6.54. The van der Waals surface area contributed by atoms with Crippen LogP contribution in [0, 0.1) is 46.3 Å². The molecule has 0 aromatic rings. The summed E-state index contributed by atoms with van der Waals surface area (Å²) < 4.78 is 12.6. The van der Waals surface area contributed by atoms with E-state index in [0.717, 1.165) is 36.2 Å². The second kappa shape index (κ2) is 8.81. The first-order chi connectivity index (χ1) is 14.9. The maximum atomic E-state index is 12.6. The second-order valence-electron chi connectivity index (χ2n) is 12.9. The number of fused-ring (bicyclic) bond motifs is 5. The van der Waals surface area contributed by atoms with Gasteiger partial charge < -0.3 is 14.9 Å². The number of hydrogen-bond donors (Lipinski definition) is 3. The van der Waals surface area contributed by atoms with Crippen LogP contribution in [0.3, 0.4) is 0 Å². The molecule has 9 atom stereocenters. The summed E-state index contributed by atoms with van der Waals surface area (Å²) >= 11 is 0. The lowest BCUT2D eigenvalue weighted by Crippen LogP contribution is -2.55. The van der Waals surface area contributed by atoms with E-state index < -0.39 is 24.8 Å². The molecule has 3 fully saturated rings. The van der Waals surface area contributed by atoms with Gasteiger partial charge in [0.25, 0.3) is 0 Å². The number of hydrogen-bond acceptors (Lipinski definition) is 2. The molecule has 184 valence electrons. The van der Waals surface area contributed by atoms with Crippen molar-refractivity contribution >= 4 is 7.60 Å². The van der Waals surface area contributed by atoms with Gasteiger partial charge >= 0.3 is 7.60 Å². The predicted molar refractivity (Wildman–Crippen MR) is 130 cm³/mol. The van der Waals surface area contributed by atoms with Crippen LogP contribution in [0.4, 0.5) is 0 Å². The summed E-state index contributed by atoms with van der Waals surface area (Å²) in [5.41, 5.74) is 0.287. The lowest BCUT2D eigenvalue weighted by atomic mass is 9.46. The maximum absolute atomic E-state index is 12.6. The third kappa shape index (κ3) is 4.10. The van der Waals surface area contributed by atoms with Gasteiger partial charge in [0.05, 0.1) is 11.8 Å². The van der Waals surface area contributed by atoms with Crippen molar-refractivity contribution in [2.45, 2.75) is 111 Å². The van der Waals surface area contributed by atoms with Gasteiger partial charge in [0.1, 0.15) is 0 Å². The zero-order chi connectivity index (χ0) is 23.5. The second-order valence-corrected chi connectivity index (χ2v) is 14.7. The lowest BCUT2D eigenvalue weighted by Gasteiger charge is -2.60. The van der Waals surface area contributed by atoms with Crippen LogP contribution >= 0.6 is 7.60 Å². The van der Waals surface area contributed by atoms with Crippen LogP contribution < -0.4 is 0 Å². The fourth-order valence-electron chi connectivity index (χ4n) is 9.21. The molecule has 32 heavy (non-hydrogen) atoms. The molecule has 0 bridgehead atoms. The molecule has 4 aliphatic carbocycles. The van der Waals surface area contributed by atoms with E-state index in [0.29, 0.717) is 29.6 Å². The van der Waals surface area contributed by atoms with Crippen LogP contribution in [0.15, 0.2) is 11.6 Å². The molecule has 0 radical (unpaired) electrons. The highest BCUT2D eigenvalue weighted by atomic mass is 31.2. The average Bonchev–Trinajstić information content (AvgIpc) is 3.04. The molecule has 0 aromatic carbocycles. The van der Waals surface area contributed by atoms with Gasteiger partial charge in [0, 0.05) is 5.41 Å². The fourth-order valence-corrected chi connectivity index (χ4v) is 10.8. The van der Waals surface area contributed by atoms with Crippen molar-refractivity contribution < 1.29 is 19.5 Å². The van der Waals surface area contributed by atoms with Gasteiger partial charge in [-0.25, -0.2) is 0 Å². The minimum Gasteiger partial charge on any atom is -0.393 e. The Morgan fingerprint density at radius 3 is 2.47 bits per heavy atom. The Morgan fingerprint density at radius 1 is 1.09 bits per heavy atom. The molecule has 0 heterocycles. The van der Waals surface area contributed by atoms with E-state index in [1.165, 1.54) is 38.5 Å². The van der Waals surface area contributed by atoms with Gasteiger partial charge in [0.2, 0.25) is 0 Å². The number of aliphatic hydroxyl groups is 1. The van der Waals surface area contributed by atoms with Crippen molar-refractivity contribution in [1.82, 2.24) is 0 Å². The molecule has 3 N–H and O–H groups in total. The third-order valence-electron chi connectivity index (χ3n) is 10.8. The monoisotopic (exact) mass is 466 g/mol. The van der Waals surface area contributed by atoms with E-state index in [2.05, 4.69) is 40.7 Å². The van der Waals surface area contributed by atoms with E-state index in [1.807, 2.05) is 0 Å². The highest BCUT2D eigenvalue weighted by Crippen LogP contribution is 2.70. The summed E-state index contributed by atoms with van der Waals surface area (Å²) in [4.78, 5) is 20.6. The Morgan fingerprint density at radius 2 is 1.81 bits per heavy atom. The van der Waals surface area contributed by atoms with E-state index in [9.17, 15) is 19.5 Å². The van der Waals surface area contributed by atoms with E-state index in [-0.39, 0.29) is 6.42 Å². The largest absolute Gasteiger partial charge is 0.393 e. The molecule has 1 unspecified atom stereocenters. The fraction of sp³-hybridized carbons (Fsp3) is 0.926. The smallest absolute Gasteiger partial charge is 0.329 e. The number of allylic oxidation sites excluding steroid dienone is 1. The summed E-state index contributed by atoms with van der Waals surface area (Å²) in [5.74, 6) is 3.85. The Labute approximate surface area is 195 Å². The number of aliphatic hydroxyl groups excluding tert-OH is 1. The van der Waals surface area contributed by atoms with Gasteiger partial charge in [0.15, 0.2) is 0 Å². The molecule has 3 saturated carbocycles. The number of rotatable bonds is 6. The summed E-state index contributed by atoms with van der Waals surface area (Å²) in [6.45, 7) is 11.8. The summed E-state index contributed by atoms with van der Waals surface area (Å²) in [7, 11) is -4.29. The Hall–Kier alpha value is -0.150. The lowest BCUT2D eigenvalue weighted by molar-refractivity contribution is -0.0578. The van der Waals surface area contributed by atoms with E-state index >= 15 is 0 Å². The normalized spacial score (nSPS) is 45.1. The maximum Gasteiger partial charge on any atom is 0.329 e. The quantitative estimate of drug-likeness (QED) is 0.307. The zero-order valence-corrected chi connectivity index (χ0v) is 21.9. The van der Waals surface area contributed by atoms with Crippen molar-refractivity contribution in [2.75, 3.05) is 0 Å². The molecular formula is C27H47O4P. The first-order valence-corrected chi connectivity index (χ1v) is 15.0. The Bertz CT molecular complexity index is 772. The molecule has 5 heteroatoms. The molecule has 0 aromatic heterocycles. The highest BCUT2D eigenvalue weighted by molar-refractivity contribution is 7.52. The summed E-state index contributed by atoms with van der Waals surface area (Å²) in [6, 6.07) is 0. The van der Waals surface area contributed by atoms with Crippen LogP contribution in [-0.2, 0) is 4.57 Å². The van der Waals surface area contributed by atoms with Crippen molar-refractivity contribution in [1.29, 1.82) is 0 Å². The van der Waals surface area contributed by atoms with Gasteiger partial charge in [-0.05, 0) is 85.9 Å². The third-order valence-corrected chi connectivity index (χ3v) is 12.3. The highest BCUT2D eigenvalue weighted by Gasteiger charge is 2.63. The molecule has 0 spiro atoms. The molecule has 4 nitrogen and oxygen atoms in total. The molecule has 0 saturated heterocycles. The summed E-state index contributed by atoms with van der Waals surface area (Å²) in [6.07, 6.45) is 12.4. The first-order valence-electron chi connectivity index (χ1n) is 13.3. The van der Waals surface area contributed by atoms with E-state index in [4.69, 9.17) is 0 Å². The van der Waals surface area contributed by atoms with E-state index in [1.54, 1.807) is 0 Å². The van der Waals surface area contributed by atoms with Crippen molar-refractivity contribution in [3.8, 4) is 0 Å². The topological polar surface area (TPSA) is 77.8 Å². The van der Waals surface area contributed by atoms with Crippen LogP contribution in [0.2, 0.25) is 0 Å². The van der Waals surface area contributed by atoms with Crippen molar-refractivity contribution in [3.63, 3.8) is 0 Å².